The largest absolute Gasteiger partial charge is 0.394 e. The van der Waals surface area contributed by atoms with Crippen molar-refractivity contribution in [3.8, 4) is 28.3 Å². The maximum absolute atomic E-state index is 12.5. The summed E-state index contributed by atoms with van der Waals surface area (Å²) < 4.78 is 9.06. The van der Waals surface area contributed by atoms with Gasteiger partial charge in [0, 0.05) is 38.6 Å². The first-order valence-electron chi connectivity index (χ1n) is 11.2. The normalized spacial score (nSPS) is 11.8. The molecular weight excluding hydrogens is 444 g/mol. The second-order valence-corrected chi connectivity index (χ2v) is 8.65. The Hall–Kier alpha value is -4.44. The van der Waals surface area contributed by atoms with E-state index in [1.807, 2.05) is 48.1 Å². The van der Waals surface area contributed by atoms with Crippen molar-refractivity contribution in [1.29, 1.82) is 0 Å². The number of hydrogen-bond acceptors (Lipinski definition) is 5. The van der Waals surface area contributed by atoms with E-state index < -0.39 is 0 Å². The number of fused-ring (bicyclic) bond motifs is 2. The van der Waals surface area contributed by atoms with Crippen LogP contribution in [0.4, 0.5) is 0 Å². The Kier molecular flexibility index (Phi) is 4.71. The maximum atomic E-state index is 12.5. The van der Waals surface area contributed by atoms with Gasteiger partial charge in [-0.3, -0.25) is 18.4 Å². The number of aromatic nitrogens is 8. The number of hydrogen-bond donors (Lipinski definition) is 1. The number of imidazole rings is 3. The summed E-state index contributed by atoms with van der Waals surface area (Å²) in [4.78, 5) is 21.8. The van der Waals surface area contributed by atoms with Crippen LogP contribution in [0.2, 0.25) is 0 Å². The third-order valence-electron chi connectivity index (χ3n) is 6.51. The summed E-state index contributed by atoms with van der Waals surface area (Å²) in [7, 11) is 5.51. The lowest BCUT2D eigenvalue weighted by molar-refractivity contribution is 0.269. The molecular formula is C25H24N8O2. The second-order valence-electron chi connectivity index (χ2n) is 8.65. The Morgan fingerprint density at radius 3 is 2.49 bits per heavy atom. The lowest BCUT2D eigenvalue weighted by Gasteiger charge is -2.11. The molecule has 0 unspecified atom stereocenters. The highest BCUT2D eigenvalue weighted by Crippen LogP contribution is 2.32. The van der Waals surface area contributed by atoms with Gasteiger partial charge in [0.2, 0.25) is 0 Å². The van der Waals surface area contributed by atoms with Crippen LogP contribution in [0.25, 0.3) is 50.4 Å². The first kappa shape index (κ1) is 21.1. The van der Waals surface area contributed by atoms with Gasteiger partial charge in [-0.05, 0) is 35.9 Å². The Balaban J connectivity index is 1.58. The first-order valence-corrected chi connectivity index (χ1v) is 11.2. The zero-order valence-corrected chi connectivity index (χ0v) is 19.6. The summed E-state index contributed by atoms with van der Waals surface area (Å²) in [6.07, 6.45) is 7.26. The van der Waals surface area contributed by atoms with Crippen LogP contribution < -0.4 is 5.69 Å². The van der Waals surface area contributed by atoms with E-state index in [0.717, 1.165) is 50.4 Å². The van der Waals surface area contributed by atoms with Gasteiger partial charge in [0.1, 0.15) is 5.69 Å². The van der Waals surface area contributed by atoms with Crippen LogP contribution in [0.3, 0.4) is 0 Å². The molecule has 0 aliphatic heterocycles. The number of rotatable bonds is 5. The Labute approximate surface area is 199 Å². The predicted molar refractivity (Wildman–Crippen MR) is 133 cm³/mol. The number of benzene rings is 2. The van der Waals surface area contributed by atoms with Gasteiger partial charge in [0.25, 0.3) is 0 Å². The van der Waals surface area contributed by atoms with Crippen molar-refractivity contribution in [3.63, 3.8) is 0 Å². The highest BCUT2D eigenvalue weighted by molar-refractivity contribution is 5.88. The van der Waals surface area contributed by atoms with Gasteiger partial charge in [-0.2, -0.15) is 5.10 Å². The summed E-state index contributed by atoms with van der Waals surface area (Å²) in [6, 6.07) is 12.1. The van der Waals surface area contributed by atoms with Gasteiger partial charge in [-0.15, -0.1) is 0 Å². The number of aryl methyl sites for hydroxylation is 3. The fourth-order valence-corrected chi connectivity index (χ4v) is 4.64. The van der Waals surface area contributed by atoms with E-state index in [-0.39, 0.29) is 12.3 Å². The minimum atomic E-state index is -0.0640. The molecule has 0 atom stereocenters. The molecule has 4 heterocycles. The van der Waals surface area contributed by atoms with Crippen LogP contribution in [0.1, 0.15) is 0 Å². The molecule has 0 fully saturated rings. The molecule has 2 aromatic carbocycles. The molecule has 4 aromatic heterocycles. The SMILES string of the molecule is Cn1cncc1-c1nc2cc(-c3cnn(CCO)c3)ccc2n1-c1ccc2c(c1)n(C)c(=O)n2C. The Morgan fingerprint density at radius 2 is 1.71 bits per heavy atom. The molecule has 0 saturated heterocycles. The van der Waals surface area contributed by atoms with Crippen LogP contribution in [0.5, 0.6) is 0 Å². The van der Waals surface area contributed by atoms with Crippen molar-refractivity contribution >= 4 is 22.1 Å². The molecule has 35 heavy (non-hydrogen) atoms. The van der Waals surface area contributed by atoms with Crippen molar-refractivity contribution in [1.82, 2.24) is 38.0 Å². The first-order chi connectivity index (χ1) is 17.0. The average molecular weight is 469 g/mol. The molecule has 0 aliphatic carbocycles. The molecule has 0 radical (unpaired) electrons. The van der Waals surface area contributed by atoms with Crippen molar-refractivity contribution in [2.24, 2.45) is 21.1 Å². The van der Waals surface area contributed by atoms with Gasteiger partial charge < -0.3 is 9.67 Å². The van der Waals surface area contributed by atoms with Gasteiger partial charge in [-0.1, -0.05) is 6.07 Å². The lowest BCUT2D eigenvalue weighted by Crippen LogP contribution is -2.19. The summed E-state index contributed by atoms with van der Waals surface area (Å²) in [5, 5.41) is 13.5. The van der Waals surface area contributed by atoms with E-state index in [9.17, 15) is 9.90 Å². The van der Waals surface area contributed by atoms with Crippen molar-refractivity contribution in [2.45, 2.75) is 6.54 Å². The minimum absolute atomic E-state index is 0.0377. The zero-order chi connectivity index (χ0) is 24.3. The van der Waals surface area contributed by atoms with E-state index >= 15 is 0 Å². The molecule has 0 spiro atoms. The van der Waals surface area contributed by atoms with Gasteiger partial charge in [0.15, 0.2) is 5.82 Å². The molecule has 0 saturated carbocycles. The van der Waals surface area contributed by atoms with Crippen LogP contribution in [-0.4, -0.2) is 49.7 Å². The molecule has 0 amide bonds. The Bertz CT molecular complexity index is 1780. The zero-order valence-electron chi connectivity index (χ0n) is 19.6. The van der Waals surface area contributed by atoms with E-state index in [1.165, 1.54) is 0 Å². The van der Waals surface area contributed by atoms with E-state index in [0.29, 0.717) is 6.54 Å². The van der Waals surface area contributed by atoms with Crippen LogP contribution >= 0.6 is 0 Å². The fourth-order valence-electron chi connectivity index (χ4n) is 4.64. The minimum Gasteiger partial charge on any atom is -0.394 e. The molecule has 176 valence electrons. The van der Waals surface area contributed by atoms with Gasteiger partial charge >= 0.3 is 5.69 Å². The van der Waals surface area contributed by atoms with Crippen molar-refractivity contribution < 1.29 is 5.11 Å². The third kappa shape index (κ3) is 3.22. The van der Waals surface area contributed by atoms with E-state index in [1.54, 1.807) is 46.6 Å². The molecule has 6 aromatic rings. The number of nitrogens with zero attached hydrogens (tertiary/aromatic N) is 8. The second kappa shape index (κ2) is 7.81. The van der Waals surface area contributed by atoms with Gasteiger partial charge in [0.05, 0.1) is 53.9 Å². The van der Waals surface area contributed by atoms with Crippen molar-refractivity contribution in [3.05, 3.63) is 71.8 Å². The molecule has 0 bridgehead atoms. The summed E-state index contributed by atoms with van der Waals surface area (Å²) in [6.45, 7) is 0.488. The van der Waals surface area contributed by atoms with Crippen LogP contribution in [-0.2, 0) is 27.7 Å². The average Bonchev–Trinajstić information content (AvgIpc) is 3.63. The summed E-state index contributed by atoms with van der Waals surface area (Å²) >= 11 is 0. The quantitative estimate of drug-likeness (QED) is 0.419. The van der Waals surface area contributed by atoms with Crippen LogP contribution in [0.15, 0.2) is 66.1 Å². The van der Waals surface area contributed by atoms with Crippen LogP contribution in [0, 0.1) is 0 Å². The third-order valence-corrected chi connectivity index (χ3v) is 6.51. The number of aliphatic hydroxyl groups is 1. The molecule has 6 rings (SSSR count). The highest BCUT2D eigenvalue weighted by atomic mass is 16.3. The summed E-state index contributed by atoms with van der Waals surface area (Å²) in [5.41, 5.74) is 7.15. The Morgan fingerprint density at radius 1 is 0.914 bits per heavy atom. The standard InChI is InChI=1S/C25H24N8O2/c1-29-15-26-13-23(29)24-28-19-10-16(17-12-27-32(14-17)8-9-34)4-6-20(19)33(24)18-5-7-21-22(11-18)31(3)25(35)30(21)2/h4-7,10-15,34H,8-9H2,1-3H3. The summed E-state index contributed by atoms with van der Waals surface area (Å²) in [5.74, 6) is 0.758. The van der Waals surface area contributed by atoms with E-state index in [4.69, 9.17) is 4.98 Å². The molecule has 1 N–H and O–H groups in total. The lowest BCUT2D eigenvalue weighted by atomic mass is 10.1. The highest BCUT2D eigenvalue weighted by Gasteiger charge is 2.19. The topological polar surface area (TPSA) is 101 Å². The number of aliphatic hydroxyl groups excluding tert-OH is 1. The van der Waals surface area contributed by atoms with Crippen molar-refractivity contribution in [2.75, 3.05) is 6.61 Å². The molecule has 10 heteroatoms. The smallest absolute Gasteiger partial charge is 0.328 e. The van der Waals surface area contributed by atoms with Gasteiger partial charge in [-0.25, -0.2) is 14.8 Å². The predicted octanol–water partition coefficient (Wildman–Crippen LogP) is 2.47. The molecule has 10 nitrogen and oxygen atoms in total. The molecule has 0 aliphatic rings. The van der Waals surface area contributed by atoms with E-state index in [2.05, 4.69) is 20.7 Å². The monoisotopic (exact) mass is 468 g/mol. The maximum Gasteiger partial charge on any atom is 0.328 e. The fraction of sp³-hybridized carbons (Fsp3) is 0.200.